The highest BCUT2D eigenvalue weighted by atomic mass is 16.5. The number of hydrogen-bond acceptors (Lipinski definition) is 10. The molecule has 2 aromatic heterocycles. The van der Waals surface area contributed by atoms with Gasteiger partial charge >= 0.3 is 0 Å². The zero-order chi connectivity index (χ0) is 27.0. The van der Waals surface area contributed by atoms with Gasteiger partial charge < -0.3 is 29.7 Å². The van der Waals surface area contributed by atoms with Gasteiger partial charge in [0.15, 0.2) is 0 Å². The Hall–Kier alpha value is -3.78. The van der Waals surface area contributed by atoms with E-state index >= 15 is 0 Å². The van der Waals surface area contributed by atoms with Crippen LogP contribution in [0.4, 0.5) is 11.6 Å². The zero-order valence-electron chi connectivity index (χ0n) is 22.5. The smallest absolute Gasteiger partial charge is 0.219 e. The Kier molecular flexibility index (Phi) is 8.83. The summed E-state index contributed by atoms with van der Waals surface area (Å²) in [5.74, 6) is 2.38. The van der Waals surface area contributed by atoms with Crippen LogP contribution in [-0.4, -0.2) is 72.5 Å². The van der Waals surface area contributed by atoms with Gasteiger partial charge in [-0.05, 0) is 63.3 Å². The van der Waals surface area contributed by atoms with E-state index in [1.807, 2.05) is 30.3 Å². The van der Waals surface area contributed by atoms with Crippen LogP contribution in [0.5, 0.6) is 11.6 Å². The molecule has 4 heterocycles. The number of nitriles is 1. The summed E-state index contributed by atoms with van der Waals surface area (Å²) in [6.45, 7) is 4.30. The molecule has 10 heteroatoms. The minimum atomic E-state index is 0.0625. The summed E-state index contributed by atoms with van der Waals surface area (Å²) in [7, 11) is 3.80. The van der Waals surface area contributed by atoms with Gasteiger partial charge in [-0.2, -0.15) is 10.2 Å². The third-order valence-electron chi connectivity index (χ3n) is 7.21. The van der Waals surface area contributed by atoms with Crippen LogP contribution in [0.1, 0.15) is 36.8 Å². The molecule has 0 amide bonds. The SMILES string of the molecule is COc1nc(Nc2cc(-c3ccc(OC4CCOCC4)c(C#N)c3)ncn2)ccc1CNC1CCN(C)CC1. The Balaban J connectivity index is 1.25. The summed E-state index contributed by atoms with van der Waals surface area (Å²) < 4.78 is 17.1. The van der Waals surface area contributed by atoms with E-state index in [-0.39, 0.29) is 6.10 Å². The molecule has 0 unspecified atom stereocenters. The van der Waals surface area contributed by atoms with Crippen molar-refractivity contribution in [2.75, 3.05) is 45.8 Å². The van der Waals surface area contributed by atoms with E-state index in [4.69, 9.17) is 14.2 Å². The molecule has 0 spiro atoms. The van der Waals surface area contributed by atoms with E-state index in [1.54, 1.807) is 13.2 Å². The van der Waals surface area contributed by atoms with Crippen molar-refractivity contribution in [1.82, 2.24) is 25.2 Å². The number of aromatic nitrogens is 3. The van der Waals surface area contributed by atoms with Gasteiger partial charge in [0.2, 0.25) is 5.88 Å². The van der Waals surface area contributed by atoms with Crippen LogP contribution < -0.4 is 20.1 Å². The first-order chi connectivity index (χ1) is 19.1. The molecule has 3 aromatic rings. The normalized spacial score (nSPS) is 16.9. The second kappa shape index (κ2) is 12.8. The predicted molar refractivity (Wildman–Crippen MR) is 148 cm³/mol. The van der Waals surface area contributed by atoms with E-state index in [1.165, 1.54) is 6.33 Å². The average molecular weight is 530 g/mol. The predicted octanol–water partition coefficient (Wildman–Crippen LogP) is 3.90. The molecule has 39 heavy (non-hydrogen) atoms. The molecule has 2 aliphatic heterocycles. The molecule has 0 radical (unpaired) electrons. The third-order valence-corrected chi connectivity index (χ3v) is 7.21. The molecule has 0 atom stereocenters. The molecule has 10 nitrogen and oxygen atoms in total. The molecular formula is C29H35N7O3. The number of benzene rings is 1. The van der Waals surface area contributed by atoms with Gasteiger partial charge in [-0.3, -0.25) is 0 Å². The van der Waals surface area contributed by atoms with Crippen molar-refractivity contribution in [1.29, 1.82) is 5.26 Å². The highest BCUT2D eigenvalue weighted by Crippen LogP contribution is 2.29. The van der Waals surface area contributed by atoms with Crippen LogP contribution in [0.3, 0.4) is 0 Å². The van der Waals surface area contributed by atoms with Gasteiger partial charge in [0.25, 0.3) is 0 Å². The number of nitrogens with zero attached hydrogens (tertiary/aromatic N) is 5. The number of methoxy groups -OCH3 is 1. The molecule has 0 saturated carbocycles. The summed E-state index contributed by atoms with van der Waals surface area (Å²) >= 11 is 0. The number of rotatable bonds is 9. The van der Waals surface area contributed by atoms with Crippen LogP contribution in [0.15, 0.2) is 42.7 Å². The fourth-order valence-electron chi connectivity index (χ4n) is 4.88. The zero-order valence-corrected chi connectivity index (χ0v) is 22.5. The first-order valence-electron chi connectivity index (χ1n) is 13.4. The second-order valence-corrected chi connectivity index (χ2v) is 9.99. The largest absolute Gasteiger partial charge is 0.489 e. The summed E-state index contributed by atoms with van der Waals surface area (Å²) in [5.41, 5.74) is 2.98. The van der Waals surface area contributed by atoms with E-state index < -0.39 is 0 Å². The van der Waals surface area contributed by atoms with Crippen LogP contribution in [0.25, 0.3) is 11.3 Å². The van der Waals surface area contributed by atoms with Gasteiger partial charge in [-0.15, -0.1) is 0 Å². The number of pyridine rings is 1. The minimum absolute atomic E-state index is 0.0625. The second-order valence-electron chi connectivity index (χ2n) is 9.99. The first kappa shape index (κ1) is 26.8. The Bertz CT molecular complexity index is 1300. The average Bonchev–Trinajstić information content (AvgIpc) is 2.98. The minimum Gasteiger partial charge on any atom is -0.489 e. The van der Waals surface area contributed by atoms with Crippen molar-refractivity contribution in [3.05, 3.63) is 53.9 Å². The Labute approximate surface area is 229 Å². The Morgan fingerprint density at radius 3 is 2.64 bits per heavy atom. The highest BCUT2D eigenvalue weighted by Gasteiger charge is 2.19. The van der Waals surface area contributed by atoms with E-state index in [0.717, 1.165) is 49.9 Å². The molecule has 1 aromatic carbocycles. The fraction of sp³-hybridized carbons (Fsp3) is 0.448. The van der Waals surface area contributed by atoms with E-state index in [0.29, 0.717) is 60.3 Å². The number of piperidine rings is 1. The quantitative estimate of drug-likeness (QED) is 0.422. The van der Waals surface area contributed by atoms with E-state index in [2.05, 4.69) is 43.6 Å². The Morgan fingerprint density at radius 1 is 1.05 bits per heavy atom. The topological polar surface area (TPSA) is 117 Å². The third kappa shape index (κ3) is 7.00. The van der Waals surface area contributed by atoms with Gasteiger partial charge in [-0.1, -0.05) is 0 Å². The molecule has 204 valence electrons. The maximum Gasteiger partial charge on any atom is 0.219 e. The van der Waals surface area contributed by atoms with Gasteiger partial charge in [0.1, 0.15) is 35.9 Å². The molecule has 2 saturated heterocycles. The fourth-order valence-corrected chi connectivity index (χ4v) is 4.88. The van der Waals surface area contributed by atoms with Gasteiger partial charge in [-0.25, -0.2) is 9.97 Å². The van der Waals surface area contributed by atoms with Crippen LogP contribution in [0.2, 0.25) is 0 Å². The highest BCUT2D eigenvalue weighted by molar-refractivity contribution is 5.67. The molecule has 2 fully saturated rings. The van der Waals surface area contributed by atoms with Gasteiger partial charge in [0, 0.05) is 42.6 Å². The van der Waals surface area contributed by atoms with Crippen molar-refractivity contribution in [3.63, 3.8) is 0 Å². The van der Waals surface area contributed by atoms with Crippen LogP contribution in [0, 0.1) is 11.3 Å². The molecule has 5 rings (SSSR count). The lowest BCUT2D eigenvalue weighted by Crippen LogP contribution is -2.40. The van der Waals surface area contributed by atoms with Crippen molar-refractivity contribution < 1.29 is 14.2 Å². The molecular weight excluding hydrogens is 494 g/mol. The summed E-state index contributed by atoms with van der Waals surface area (Å²) in [6.07, 6.45) is 5.48. The summed E-state index contributed by atoms with van der Waals surface area (Å²) in [6, 6.07) is 14.1. The molecule has 2 N–H and O–H groups in total. The van der Waals surface area contributed by atoms with Crippen molar-refractivity contribution in [2.45, 2.75) is 44.4 Å². The summed E-state index contributed by atoms with van der Waals surface area (Å²) in [5, 5.41) is 16.6. The number of hydrogen-bond donors (Lipinski definition) is 2. The number of nitrogens with one attached hydrogen (secondary N) is 2. The lowest BCUT2D eigenvalue weighted by atomic mass is 10.1. The van der Waals surface area contributed by atoms with Crippen molar-refractivity contribution >= 4 is 11.6 Å². The molecule has 2 aliphatic rings. The van der Waals surface area contributed by atoms with Crippen LogP contribution in [-0.2, 0) is 11.3 Å². The lowest BCUT2D eigenvalue weighted by Gasteiger charge is -2.29. The first-order valence-corrected chi connectivity index (χ1v) is 13.4. The number of anilines is 2. The standard InChI is InChI=1S/C29H35N7O3/c1-36-11-7-23(8-12-36)31-18-21-4-6-27(35-29(21)37-2)34-28-16-25(32-19-33-28)20-3-5-26(22(15-20)17-30)39-24-9-13-38-14-10-24/h3-6,15-16,19,23-24,31H,7-14,18H2,1-2H3,(H,32,33,34,35). The number of likely N-dealkylation sites (tertiary alicyclic amines) is 1. The monoisotopic (exact) mass is 529 g/mol. The van der Waals surface area contributed by atoms with Crippen molar-refractivity contribution in [3.8, 4) is 29.0 Å². The molecule has 0 bridgehead atoms. The van der Waals surface area contributed by atoms with E-state index in [9.17, 15) is 5.26 Å². The van der Waals surface area contributed by atoms with Crippen molar-refractivity contribution in [2.24, 2.45) is 0 Å². The lowest BCUT2D eigenvalue weighted by molar-refractivity contribution is 0.0254. The maximum atomic E-state index is 9.74. The van der Waals surface area contributed by atoms with Crippen LogP contribution >= 0.6 is 0 Å². The molecule has 0 aliphatic carbocycles. The van der Waals surface area contributed by atoms with Gasteiger partial charge in [0.05, 0.1) is 31.6 Å². The maximum absolute atomic E-state index is 9.74. The number of ether oxygens (including phenoxy) is 3. The summed E-state index contributed by atoms with van der Waals surface area (Å²) in [4.78, 5) is 15.8. The Morgan fingerprint density at radius 2 is 1.87 bits per heavy atom.